The van der Waals surface area contributed by atoms with Gasteiger partial charge in [0.15, 0.2) is 0 Å². The third kappa shape index (κ3) is 4.56. The van der Waals surface area contributed by atoms with Crippen molar-refractivity contribution in [3.05, 3.63) is 88.8 Å². The molecule has 0 radical (unpaired) electrons. The second kappa shape index (κ2) is 9.34. The molecule has 3 aromatic rings. The van der Waals surface area contributed by atoms with Gasteiger partial charge in [0.25, 0.3) is 5.91 Å². The lowest BCUT2D eigenvalue weighted by Gasteiger charge is -2.43. The van der Waals surface area contributed by atoms with Crippen molar-refractivity contribution in [2.45, 2.75) is 53.5 Å². The predicted octanol–water partition coefficient (Wildman–Crippen LogP) is 6.27. The summed E-state index contributed by atoms with van der Waals surface area (Å²) in [6.07, 6.45) is 5.13. The summed E-state index contributed by atoms with van der Waals surface area (Å²) >= 11 is 0. The summed E-state index contributed by atoms with van der Waals surface area (Å²) in [7, 11) is 0. The molecule has 2 heterocycles. The fourth-order valence-corrected chi connectivity index (χ4v) is 4.91. The topological polar surface area (TPSA) is 49.6 Å². The third-order valence-electron chi connectivity index (χ3n) is 6.47. The lowest BCUT2D eigenvalue weighted by Crippen LogP contribution is -2.45. The van der Waals surface area contributed by atoms with Gasteiger partial charge in [-0.25, -0.2) is 5.43 Å². The summed E-state index contributed by atoms with van der Waals surface area (Å²) in [6.45, 7) is 14.0. The van der Waals surface area contributed by atoms with Crippen LogP contribution in [0.25, 0.3) is 11.3 Å². The average Bonchev–Trinajstić information content (AvgIpc) is 3.14. The molecule has 5 nitrogen and oxygen atoms in total. The maximum absolute atomic E-state index is 12.7. The van der Waals surface area contributed by atoms with Crippen molar-refractivity contribution in [1.29, 1.82) is 0 Å². The minimum absolute atomic E-state index is 0.0110. The second-order valence-electron chi connectivity index (χ2n) is 9.61. The summed E-state index contributed by atoms with van der Waals surface area (Å²) in [6, 6.07) is 18.1. The highest BCUT2D eigenvalue weighted by molar-refractivity contribution is 5.95. The molecule has 1 amide bonds. The number of fused-ring (bicyclic) bond motifs is 1. The molecule has 34 heavy (non-hydrogen) atoms. The minimum Gasteiger partial charge on any atom is -0.362 e. The summed E-state index contributed by atoms with van der Waals surface area (Å²) in [5.74, 6) is -0.231. The summed E-state index contributed by atoms with van der Waals surface area (Å²) < 4.78 is 2.13. The molecule has 176 valence electrons. The van der Waals surface area contributed by atoms with Crippen LogP contribution in [0.5, 0.6) is 0 Å². The lowest BCUT2D eigenvalue weighted by molar-refractivity contribution is 0.0955. The summed E-state index contributed by atoms with van der Waals surface area (Å²) in [4.78, 5) is 15.2. The first kappa shape index (κ1) is 23.6. The first-order valence-corrected chi connectivity index (χ1v) is 11.9. The van der Waals surface area contributed by atoms with E-state index in [-0.39, 0.29) is 11.4 Å². The van der Waals surface area contributed by atoms with Crippen LogP contribution in [-0.2, 0) is 0 Å². The van der Waals surface area contributed by atoms with Crippen LogP contribution in [0.2, 0.25) is 0 Å². The summed E-state index contributed by atoms with van der Waals surface area (Å²) in [5, 5.41) is 4.24. The highest BCUT2D eigenvalue weighted by Crippen LogP contribution is 2.39. The smallest absolute Gasteiger partial charge is 0.271 e. The number of hydrogen-bond acceptors (Lipinski definition) is 3. The number of benzene rings is 2. The van der Waals surface area contributed by atoms with Gasteiger partial charge in [-0.3, -0.25) is 4.79 Å². The number of rotatable bonds is 6. The van der Waals surface area contributed by atoms with Gasteiger partial charge in [0.05, 0.1) is 11.8 Å². The predicted molar refractivity (Wildman–Crippen MR) is 142 cm³/mol. The van der Waals surface area contributed by atoms with E-state index < -0.39 is 0 Å². The van der Waals surface area contributed by atoms with Crippen molar-refractivity contribution >= 4 is 23.4 Å². The quantitative estimate of drug-likeness (QED) is 0.352. The SMILES string of the molecule is CCCN1c2ccc(/C=N\NC(=O)c3cccc(-n4c(C)ccc4C)c3)cc2C(C)=CC1(C)C. The van der Waals surface area contributed by atoms with Crippen LogP contribution >= 0.6 is 0 Å². The Balaban J connectivity index is 1.51. The van der Waals surface area contributed by atoms with Crippen LogP contribution in [0.4, 0.5) is 5.69 Å². The van der Waals surface area contributed by atoms with E-state index in [1.165, 1.54) is 16.8 Å². The number of hydrazone groups is 1. The van der Waals surface area contributed by atoms with E-state index in [1.807, 2.05) is 18.2 Å². The Morgan fingerprint density at radius 2 is 1.76 bits per heavy atom. The van der Waals surface area contributed by atoms with Crippen LogP contribution in [0.15, 0.2) is 65.8 Å². The zero-order valence-corrected chi connectivity index (χ0v) is 21.0. The Kier molecular flexibility index (Phi) is 6.47. The number of aryl methyl sites for hydroxylation is 2. The van der Waals surface area contributed by atoms with Gasteiger partial charge in [0.1, 0.15) is 0 Å². The van der Waals surface area contributed by atoms with Crippen LogP contribution in [0.1, 0.15) is 67.0 Å². The van der Waals surface area contributed by atoms with Crippen molar-refractivity contribution in [2.75, 3.05) is 11.4 Å². The fraction of sp³-hybridized carbons (Fsp3) is 0.310. The van der Waals surface area contributed by atoms with Crippen LogP contribution < -0.4 is 10.3 Å². The number of hydrogen-bond donors (Lipinski definition) is 1. The molecule has 0 fully saturated rings. The number of aromatic nitrogens is 1. The van der Waals surface area contributed by atoms with Gasteiger partial charge in [-0.1, -0.05) is 25.1 Å². The number of carbonyl (C=O) groups excluding carboxylic acids is 1. The Hall–Kier alpha value is -3.60. The van der Waals surface area contributed by atoms with E-state index >= 15 is 0 Å². The Labute approximate surface area is 202 Å². The maximum atomic E-state index is 12.7. The van der Waals surface area contributed by atoms with Crippen LogP contribution in [0, 0.1) is 13.8 Å². The number of carbonyl (C=O) groups is 1. The molecule has 1 aliphatic heterocycles. The Morgan fingerprint density at radius 1 is 1.03 bits per heavy atom. The van der Waals surface area contributed by atoms with E-state index in [0.717, 1.165) is 35.6 Å². The Bertz CT molecular complexity index is 1260. The molecular weight excluding hydrogens is 420 g/mol. The number of amides is 1. The van der Waals surface area contributed by atoms with E-state index in [9.17, 15) is 4.79 Å². The molecule has 0 aliphatic carbocycles. The van der Waals surface area contributed by atoms with Gasteiger partial charge in [0.2, 0.25) is 0 Å². The fourth-order valence-electron chi connectivity index (χ4n) is 4.91. The van der Waals surface area contributed by atoms with E-state index in [1.54, 1.807) is 12.3 Å². The molecule has 5 heteroatoms. The van der Waals surface area contributed by atoms with Gasteiger partial charge in [0, 0.05) is 40.4 Å². The minimum atomic E-state index is -0.231. The lowest BCUT2D eigenvalue weighted by atomic mass is 9.88. The molecule has 0 bridgehead atoms. The first-order valence-electron chi connectivity index (χ1n) is 11.9. The van der Waals surface area contributed by atoms with Crippen molar-refractivity contribution < 1.29 is 4.79 Å². The molecule has 0 saturated carbocycles. The molecule has 4 rings (SSSR count). The molecule has 0 spiro atoms. The largest absolute Gasteiger partial charge is 0.362 e. The molecule has 1 N–H and O–H groups in total. The molecule has 2 aromatic carbocycles. The summed E-state index contributed by atoms with van der Waals surface area (Å²) in [5.41, 5.74) is 11.2. The number of nitrogens with one attached hydrogen (secondary N) is 1. The standard InChI is InChI=1S/C29H34N4O/c1-7-15-32-27-14-13-23(16-26(27)20(2)18-29(32,5)6)19-30-31-28(34)24-9-8-10-25(17-24)33-21(3)11-12-22(33)4/h8-14,16-19H,7,15H2,1-6H3,(H,31,34)/b30-19-. The molecule has 1 aromatic heterocycles. The van der Waals surface area contributed by atoms with Crippen molar-refractivity contribution in [2.24, 2.45) is 5.10 Å². The van der Waals surface area contributed by atoms with Gasteiger partial charge in [-0.05, 0) is 94.6 Å². The van der Waals surface area contributed by atoms with Gasteiger partial charge in [-0.15, -0.1) is 0 Å². The van der Waals surface area contributed by atoms with Gasteiger partial charge in [-0.2, -0.15) is 5.10 Å². The Morgan fingerprint density at radius 3 is 2.47 bits per heavy atom. The van der Waals surface area contributed by atoms with Crippen molar-refractivity contribution in [3.8, 4) is 5.69 Å². The van der Waals surface area contributed by atoms with Crippen LogP contribution in [-0.4, -0.2) is 28.8 Å². The highest BCUT2D eigenvalue weighted by atomic mass is 16.2. The maximum Gasteiger partial charge on any atom is 0.271 e. The third-order valence-corrected chi connectivity index (χ3v) is 6.47. The van der Waals surface area contributed by atoms with Gasteiger partial charge < -0.3 is 9.47 Å². The molecule has 0 unspecified atom stereocenters. The molecule has 1 aliphatic rings. The molecule has 0 saturated heterocycles. The number of allylic oxidation sites excluding steroid dienone is 1. The van der Waals surface area contributed by atoms with E-state index in [4.69, 9.17) is 0 Å². The zero-order valence-electron chi connectivity index (χ0n) is 21.0. The van der Waals surface area contributed by atoms with E-state index in [0.29, 0.717) is 5.56 Å². The normalized spacial score (nSPS) is 14.8. The molecular formula is C29H34N4O. The van der Waals surface area contributed by atoms with Crippen molar-refractivity contribution in [3.63, 3.8) is 0 Å². The monoisotopic (exact) mass is 454 g/mol. The van der Waals surface area contributed by atoms with E-state index in [2.05, 4.69) is 97.9 Å². The van der Waals surface area contributed by atoms with Crippen LogP contribution in [0.3, 0.4) is 0 Å². The highest BCUT2D eigenvalue weighted by Gasteiger charge is 2.30. The van der Waals surface area contributed by atoms with Crippen molar-refractivity contribution in [1.82, 2.24) is 9.99 Å². The second-order valence-corrected chi connectivity index (χ2v) is 9.61. The van der Waals surface area contributed by atoms with Gasteiger partial charge >= 0.3 is 0 Å². The zero-order chi connectivity index (χ0) is 24.5. The molecule has 0 atom stereocenters. The first-order chi connectivity index (χ1) is 16.2. The number of anilines is 1. The number of nitrogens with zero attached hydrogens (tertiary/aromatic N) is 3. The average molecular weight is 455 g/mol.